The molecule has 4 heterocycles. The molecule has 1 aromatic heterocycles. The topological polar surface area (TPSA) is 91.8 Å². The number of carbonyl (C=O) groups excluding carboxylic acids is 1. The largest absolute Gasteiger partial charge is 0.486 e. The first-order valence-corrected chi connectivity index (χ1v) is 14.0. The van der Waals surface area contributed by atoms with E-state index in [1.807, 2.05) is 17.0 Å². The van der Waals surface area contributed by atoms with Crippen molar-refractivity contribution in [2.45, 2.75) is 44.2 Å². The molecule has 0 bridgehead atoms. The first-order valence-electron chi connectivity index (χ1n) is 13.6. The summed E-state index contributed by atoms with van der Waals surface area (Å²) in [7, 11) is 0. The zero-order chi connectivity index (χ0) is 26.8. The van der Waals surface area contributed by atoms with E-state index in [1.165, 1.54) is 44.4 Å². The third-order valence-corrected chi connectivity index (χ3v) is 8.04. The summed E-state index contributed by atoms with van der Waals surface area (Å²) in [5.74, 6) is 0.537. The molecule has 0 spiro atoms. The normalized spacial score (nSPS) is 20.5. The third-order valence-electron chi connectivity index (χ3n) is 7.75. The number of hydrogen-bond donors (Lipinski definition) is 2. The second kappa shape index (κ2) is 11.5. The number of nitrogens with zero attached hydrogens (tertiary/aromatic N) is 4. The highest BCUT2D eigenvalue weighted by molar-refractivity contribution is 6.31. The number of fused-ring (bicyclic) bond motifs is 1. The lowest BCUT2D eigenvalue weighted by Gasteiger charge is -2.36. The molecular formula is C28H32ClFN6O3. The number of urea groups is 1. The molecular weight excluding hydrogens is 523 g/mol. The van der Waals surface area contributed by atoms with E-state index in [-0.39, 0.29) is 17.2 Å². The Hall–Kier alpha value is -3.21. The summed E-state index contributed by atoms with van der Waals surface area (Å²) in [5.41, 5.74) is 1.76. The van der Waals surface area contributed by atoms with Gasteiger partial charge in [-0.25, -0.2) is 19.2 Å². The van der Waals surface area contributed by atoms with Crippen molar-refractivity contribution >= 4 is 45.7 Å². The van der Waals surface area contributed by atoms with Crippen LogP contribution >= 0.6 is 11.6 Å². The lowest BCUT2D eigenvalue weighted by molar-refractivity contribution is 0.139. The number of anilines is 3. The molecule has 0 saturated carbocycles. The van der Waals surface area contributed by atoms with Crippen LogP contribution in [0.3, 0.4) is 0 Å². The molecule has 9 nitrogen and oxygen atoms in total. The molecule has 0 aliphatic carbocycles. The Labute approximate surface area is 231 Å². The van der Waals surface area contributed by atoms with E-state index >= 15 is 0 Å². The van der Waals surface area contributed by atoms with Gasteiger partial charge in [-0.2, -0.15) is 0 Å². The van der Waals surface area contributed by atoms with Gasteiger partial charge in [0.15, 0.2) is 0 Å². The molecule has 2 N–H and O–H groups in total. The van der Waals surface area contributed by atoms with Crippen LogP contribution in [0.5, 0.6) is 5.75 Å². The van der Waals surface area contributed by atoms with E-state index in [2.05, 4.69) is 25.5 Å². The molecule has 3 aliphatic heterocycles. The van der Waals surface area contributed by atoms with Gasteiger partial charge in [0.05, 0.1) is 29.4 Å². The fourth-order valence-electron chi connectivity index (χ4n) is 5.61. The lowest BCUT2D eigenvalue weighted by atomic mass is 10.0. The van der Waals surface area contributed by atoms with Gasteiger partial charge < -0.3 is 29.9 Å². The number of carbonyl (C=O) groups is 1. The highest BCUT2D eigenvalue weighted by atomic mass is 35.5. The van der Waals surface area contributed by atoms with Crippen molar-refractivity contribution in [3.8, 4) is 5.75 Å². The van der Waals surface area contributed by atoms with Crippen molar-refractivity contribution in [1.82, 2.24) is 19.8 Å². The van der Waals surface area contributed by atoms with Crippen LogP contribution in [0.15, 0.2) is 36.7 Å². The predicted molar refractivity (Wildman–Crippen MR) is 149 cm³/mol. The van der Waals surface area contributed by atoms with Gasteiger partial charge in [0.2, 0.25) is 0 Å². The second-order valence-electron chi connectivity index (χ2n) is 10.3. The second-order valence-corrected chi connectivity index (χ2v) is 10.7. The predicted octanol–water partition coefficient (Wildman–Crippen LogP) is 5.43. The fourth-order valence-corrected chi connectivity index (χ4v) is 5.79. The minimum absolute atomic E-state index is 0.00860. The van der Waals surface area contributed by atoms with Gasteiger partial charge >= 0.3 is 6.03 Å². The molecule has 3 aromatic rings. The van der Waals surface area contributed by atoms with Crippen LogP contribution in [0.2, 0.25) is 5.02 Å². The average molecular weight is 555 g/mol. The number of likely N-dealkylation sites (tertiary alicyclic amines) is 2. The Kier molecular flexibility index (Phi) is 7.67. The van der Waals surface area contributed by atoms with E-state index in [4.69, 9.17) is 21.1 Å². The molecule has 2 amide bonds. The van der Waals surface area contributed by atoms with Gasteiger partial charge in [-0.1, -0.05) is 11.6 Å². The lowest BCUT2D eigenvalue weighted by Crippen LogP contribution is -2.47. The Morgan fingerprint density at radius 3 is 2.64 bits per heavy atom. The Bertz CT molecular complexity index is 1340. The number of ether oxygens (including phenoxy) is 2. The molecule has 0 unspecified atom stereocenters. The number of halogens is 2. The van der Waals surface area contributed by atoms with Crippen LogP contribution in [0, 0.1) is 5.82 Å². The Balaban J connectivity index is 1.25. The van der Waals surface area contributed by atoms with Crippen LogP contribution in [-0.4, -0.2) is 77.3 Å². The van der Waals surface area contributed by atoms with Crippen molar-refractivity contribution < 1.29 is 18.7 Å². The van der Waals surface area contributed by atoms with Crippen LogP contribution < -0.4 is 15.4 Å². The summed E-state index contributed by atoms with van der Waals surface area (Å²) >= 11 is 5.97. The van der Waals surface area contributed by atoms with Crippen LogP contribution in [-0.2, 0) is 4.74 Å². The van der Waals surface area contributed by atoms with Crippen molar-refractivity contribution in [3.63, 3.8) is 0 Å². The maximum Gasteiger partial charge on any atom is 0.321 e. The van der Waals surface area contributed by atoms with Gasteiger partial charge in [-0.05, 0) is 63.0 Å². The molecule has 3 fully saturated rings. The highest BCUT2D eigenvalue weighted by Gasteiger charge is 2.29. The molecule has 11 heteroatoms. The summed E-state index contributed by atoms with van der Waals surface area (Å²) in [5, 5.41) is 6.97. The van der Waals surface area contributed by atoms with E-state index in [1.54, 1.807) is 6.07 Å². The zero-order valence-electron chi connectivity index (χ0n) is 21.7. The molecule has 1 atom stereocenters. The monoisotopic (exact) mass is 554 g/mol. The third kappa shape index (κ3) is 5.88. The van der Waals surface area contributed by atoms with Gasteiger partial charge in [0.1, 0.15) is 29.8 Å². The van der Waals surface area contributed by atoms with E-state index in [0.29, 0.717) is 66.2 Å². The molecule has 0 radical (unpaired) electrons. The number of benzene rings is 2. The number of aromatic nitrogens is 2. The molecule has 3 aliphatic rings. The van der Waals surface area contributed by atoms with Crippen molar-refractivity contribution in [1.29, 1.82) is 0 Å². The minimum atomic E-state index is -0.498. The van der Waals surface area contributed by atoms with Gasteiger partial charge in [0.25, 0.3) is 0 Å². The van der Waals surface area contributed by atoms with Crippen molar-refractivity contribution in [2.75, 3.05) is 50.0 Å². The summed E-state index contributed by atoms with van der Waals surface area (Å²) in [4.78, 5) is 26.7. The standard InChI is InChI=1S/C28H32ClFN6O3/c29-22-13-18(3-4-23(22)30)33-27-21-14-25(26(15-24(21)31-17-32-27)39-20-7-12-38-16-20)34-28(37)36-10-5-19(6-11-36)35-8-1-2-9-35/h3-4,13-15,17,19-20H,1-2,5-12,16H2,(H,34,37)(H,31,32,33)/t20-/m0/s1. The SMILES string of the molecule is O=C(Nc1cc2c(Nc3ccc(F)c(Cl)c3)ncnc2cc1O[C@H]1CCOC1)N1CCC(N2CCCC2)CC1. The molecule has 6 rings (SSSR count). The van der Waals surface area contributed by atoms with E-state index < -0.39 is 5.82 Å². The first-order chi connectivity index (χ1) is 19.0. The molecule has 3 saturated heterocycles. The number of piperidine rings is 1. The Morgan fingerprint density at radius 2 is 1.90 bits per heavy atom. The van der Waals surface area contributed by atoms with Gasteiger partial charge in [-0.15, -0.1) is 0 Å². The molecule has 2 aromatic carbocycles. The maximum atomic E-state index is 13.7. The van der Waals surface area contributed by atoms with Crippen molar-refractivity contribution in [3.05, 3.63) is 47.5 Å². The summed E-state index contributed by atoms with van der Waals surface area (Å²) < 4.78 is 25.4. The van der Waals surface area contributed by atoms with E-state index in [0.717, 1.165) is 19.3 Å². The summed E-state index contributed by atoms with van der Waals surface area (Å²) in [6.07, 6.45) is 6.62. The molecule has 39 heavy (non-hydrogen) atoms. The number of nitrogens with one attached hydrogen (secondary N) is 2. The number of hydrogen-bond acceptors (Lipinski definition) is 7. The highest BCUT2D eigenvalue weighted by Crippen LogP contribution is 2.35. The van der Waals surface area contributed by atoms with Crippen molar-refractivity contribution in [2.24, 2.45) is 0 Å². The summed E-state index contributed by atoms with van der Waals surface area (Å²) in [6, 6.07) is 8.42. The van der Waals surface area contributed by atoms with Crippen LogP contribution in [0.4, 0.5) is 26.4 Å². The summed E-state index contributed by atoms with van der Waals surface area (Å²) in [6.45, 7) is 4.91. The first kappa shape index (κ1) is 26.0. The number of rotatable bonds is 6. The average Bonchev–Trinajstić information content (AvgIpc) is 3.67. The van der Waals surface area contributed by atoms with Gasteiger partial charge in [-0.3, -0.25) is 0 Å². The Morgan fingerprint density at radius 1 is 1.08 bits per heavy atom. The smallest absolute Gasteiger partial charge is 0.321 e. The number of amides is 2. The fraction of sp³-hybridized carbons (Fsp3) is 0.464. The maximum absolute atomic E-state index is 13.7. The van der Waals surface area contributed by atoms with Crippen LogP contribution in [0.25, 0.3) is 10.9 Å². The van der Waals surface area contributed by atoms with Gasteiger partial charge in [0, 0.05) is 42.7 Å². The quantitative estimate of drug-likeness (QED) is 0.420. The minimum Gasteiger partial charge on any atom is -0.486 e. The zero-order valence-corrected chi connectivity index (χ0v) is 22.4. The molecule has 206 valence electrons. The van der Waals surface area contributed by atoms with Crippen LogP contribution in [0.1, 0.15) is 32.1 Å². The van der Waals surface area contributed by atoms with E-state index in [9.17, 15) is 9.18 Å².